The van der Waals surface area contributed by atoms with Crippen molar-refractivity contribution in [2.75, 3.05) is 5.32 Å². The predicted octanol–water partition coefficient (Wildman–Crippen LogP) is 5.37. The maximum absolute atomic E-state index is 6.04. The number of rotatable bonds is 3. The molecule has 0 saturated carbocycles. The van der Waals surface area contributed by atoms with Crippen molar-refractivity contribution in [2.45, 2.75) is 6.54 Å². The molecule has 124 valence electrons. The lowest BCUT2D eigenvalue weighted by Gasteiger charge is -2.19. The lowest BCUT2D eigenvalue weighted by molar-refractivity contribution is 0.448. The van der Waals surface area contributed by atoms with Gasteiger partial charge in [0.2, 0.25) is 0 Å². The summed E-state index contributed by atoms with van der Waals surface area (Å²) in [6.45, 7) is 0.610. The second-order valence-corrected chi connectivity index (χ2v) is 7.33. The van der Waals surface area contributed by atoms with Crippen molar-refractivity contribution < 1.29 is 0 Å². The van der Waals surface area contributed by atoms with E-state index in [0.29, 0.717) is 16.7 Å². The fourth-order valence-electron chi connectivity index (χ4n) is 2.66. The molecule has 0 spiro atoms. The lowest BCUT2D eigenvalue weighted by Crippen LogP contribution is -2.29. The zero-order chi connectivity index (χ0) is 17.2. The van der Waals surface area contributed by atoms with Gasteiger partial charge in [-0.2, -0.15) is 5.10 Å². The normalized spacial score (nSPS) is 13.7. The first-order valence-electron chi connectivity index (χ1n) is 7.75. The maximum atomic E-state index is 6.04. The fourth-order valence-corrected chi connectivity index (χ4v) is 3.84. The van der Waals surface area contributed by atoms with Crippen molar-refractivity contribution in [2.24, 2.45) is 5.10 Å². The van der Waals surface area contributed by atoms with Gasteiger partial charge in [-0.05, 0) is 41.4 Å². The van der Waals surface area contributed by atoms with E-state index in [9.17, 15) is 0 Å². The van der Waals surface area contributed by atoms with E-state index in [1.807, 2.05) is 52.9 Å². The average Bonchev–Trinajstić information content (AvgIpc) is 3.03. The highest BCUT2D eigenvalue weighted by molar-refractivity contribution is 7.80. The van der Waals surface area contributed by atoms with E-state index in [2.05, 4.69) is 23.5 Å². The Bertz CT molecular complexity index is 933. The molecule has 0 radical (unpaired) electrons. The maximum Gasteiger partial charge on any atom is 0.195 e. The number of anilines is 1. The Morgan fingerprint density at radius 3 is 2.56 bits per heavy atom. The first-order valence-corrected chi connectivity index (χ1v) is 9.42. The third-order valence-corrected chi connectivity index (χ3v) is 5.28. The third kappa shape index (κ3) is 3.44. The van der Waals surface area contributed by atoms with Crippen molar-refractivity contribution >= 4 is 51.0 Å². The van der Waals surface area contributed by atoms with Crippen LogP contribution in [0.2, 0.25) is 5.02 Å². The van der Waals surface area contributed by atoms with Gasteiger partial charge in [0.25, 0.3) is 0 Å². The summed E-state index contributed by atoms with van der Waals surface area (Å²) in [6, 6.07) is 20.0. The number of hydrazone groups is 1. The third-order valence-electron chi connectivity index (χ3n) is 3.89. The van der Waals surface area contributed by atoms with Gasteiger partial charge in [-0.15, -0.1) is 11.3 Å². The van der Waals surface area contributed by atoms with E-state index in [-0.39, 0.29) is 0 Å². The summed E-state index contributed by atoms with van der Waals surface area (Å²) < 4.78 is 0. The van der Waals surface area contributed by atoms with Crippen LogP contribution in [-0.4, -0.2) is 15.8 Å². The van der Waals surface area contributed by atoms with Crippen LogP contribution >= 0.6 is 35.2 Å². The summed E-state index contributed by atoms with van der Waals surface area (Å²) in [4.78, 5) is 0. The molecular formula is C19H14ClN3S2. The number of fused-ring (bicyclic) bond motifs is 1. The molecule has 1 aromatic heterocycles. The van der Waals surface area contributed by atoms with Crippen molar-refractivity contribution in [1.29, 1.82) is 0 Å². The van der Waals surface area contributed by atoms with Crippen LogP contribution in [0.4, 0.5) is 5.00 Å². The van der Waals surface area contributed by atoms with Crippen molar-refractivity contribution in [3.05, 3.63) is 87.8 Å². The summed E-state index contributed by atoms with van der Waals surface area (Å²) >= 11 is 13.2. The summed E-state index contributed by atoms with van der Waals surface area (Å²) in [5.41, 5.74) is 4.09. The SMILES string of the molecule is S=C1Nc2sccc2C(c2ccc(Cl)cc2)=NN1Cc1ccccc1. The number of thiophene rings is 1. The molecule has 3 aromatic rings. The van der Waals surface area contributed by atoms with Crippen LogP contribution in [0.3, 0.4) is 0 Å². The summed E-state index contributed by atoms with van der Waals surface area (Å²) in [7, 11) is 0. The monoisotopic (exact) mass is 383 g/mol. The van der Waals surface area contributed by atoms with E-state index >= 15 is 0 Å². The van der Waals surface area contributed by atoms with Gasteiger partial charge in [-0.3, -0.25) is 0 Å². The van der Waals surface area contributed by atoms with E-state index < -0.39 is 0 Å². The Morgan fingerprint density at radius 1 is 1.04 bits per heavy atom. The molecule has 2 heterocycles. The minimum absolute atomic E-state index is 0.594. The molecule has 0 amide bonds. The van der Waals surface area contributed by atoms with Crippen LogP contribution in [0.25, 0.3) is 0 Å². The Hall–Kier alpha value is -2.21. The highest BCUT2D eigenvalue weighted by Gasteiger charge is 2.22. The highest BCUT2D eigenvalue weighted by Crippen LogP contribution is 2.30. The fraction of sp³-hybridized carbons (Fsp3) is 0.0526. The zero-order valence-electron chi connectivity index (χ0n) is 13.1. The minimum atomic E-state index is 0.594. The molecule has 1 aliphatic heterocycles. The number of hydrogen-bond donors (Lipinski definition) is 1. The summed E-state index contributed by atoms with van der Waals surface area (Å²) in [5, 5.41) is 14.4. The van der Waals surface area contributed by atoms with E-state index in [1.165, 1.54) is 0 Å². The van der Waals surface area contributed by atoms with Crippen molar-refractivity contribution in [1.82, 2.24) is 5.01 Å². The molecular weight excluding hydrogens is 370 g/mol. The second-order valence-electron chi connectivity index (χ2n) is 5.59. The van der Waals surface area contributed by atoms with Gasteiger partial charge in [0.1, 0.15) is 10.7 Å². The smallest absolute Gasteiger partial charge is 0.195 e. The Morgan fingerprint density at radius 2 is 1.80 bits per heavy atom. The predicted molar refractivity (Wildman–Crippen MR) is 110 cm³/mol. The molecule has 2 aromatic carbocycles. The van der Waals surface area contributed by atoms with E-state index in [4.69, 9.17) is 28.9 Å². The Labute approximate surface area is 160 Å². The molecule has 6 heteroatoms. The molecule has 0 aliphatic carbocycles. The molecule has 0 fully saturated rings. The standard InChI is InChI=1S/C19H14ClN3S2/c20-15-8-6-14(7-9-15)17-16-10-11-25-18(16)21-19(24)23(22-17)12-13-4-2-1-3-5-13/h1-11H,12H2,(H,21,24). The summed E-state index contributed by atoms with van der Waals surface area (Å²) in [5.74, 6) is 0. The van der Waals surface area contributed by atoms with Gasteiger partial charge in [-0.25, -0.2) is 5.01 Å². The molecule has 1 aliphatic rings. The summed E-state index contributed by atoms with van der Waals surface area (Å²) in [6.07, 6.45) is 0. The van der Waals surface area contributed by atoms with Crippen LogP contribution < -0.4 is 5.32 Å². The van der Waals surface area contributed by atoms with Crippen LogP contribution in [-0.2, 0) is 6.54 Å². The number of nitrogens with one attached hydrogen (secondary N) is 1. The quantitative estimate of drug-likeness (QED) is 0.616. The first kappa shape index (κ1) is 16.3. The number of nitrogens with zero attached hydrogens (tertiary/aromatic N) is 2. The van der Waals surface area contributed by atoms with Gasteiger partial charge in [0.15, 0.2) is 5.11 Å². The van der Waals surface area contributed by atoms with Crippen LogP contribution in [0.5, 0.6) is 0 Å². The van der Waals surface area contributed by atoms with Crippen molar-refractivity contribution in [3.8, 4) is 0 Å². The molecule has 25 heavy (non-hydrogen) atoms. The van der Waals surface area contributed by atoms with Gasteiger partial charge >= 0.3 is 0 Å². The molecule has 4 rings (SSSR count). The van der Waals surface area contributed by atoms with Gasteiger partial charge in [0.05, 0.1) is 6.54 Å². The Kier molecular flexibility index (Phi) is 4.53. The molecule has 0 bridgehead atoms. The van der Waals surface area contributed by atoms with Crippen molar-refractivity contribution in [3.63, 3.8) is 0 Å². The lowest BCUT2D eigenvalue weighted by atomic mass is 10.0. The molecule has 0 saturated heterocycles. The first-order chi connectivity index (χ1) is 12.2. The Balaban J connectivity index is 1.78. The number of benzene rings is 2. The van der Waals surface area contributed by atoms with Crippen LogP contribution in [0, 0.1) is 0 Å². The molecule has 0 unspecified atom stereocenters. The van der Waals surface area contributed by atoms with Crippen LogP contribution in [0.1, 0.15) is 16.7 Å². The minimum Gasteiger partial charge on any atom is -0.322 e. The average molecular weight is 384 g/mol. The van der Waals surface area contributed by atoms with Crippen LogP contribution in [0.15, 0.2) is 71.1 Å². The largest absolute Gasteiger partial charge is 0.322 e. The zero-order valence-corrected chi connectivity index (χ0v) is 15.5. The number of halogens is 1. The topological polar surface area (TPSA) is 27.6 Å². The van der Waals surface area contributed by atoms with E-state index in [0.717, 1.165) is 27.4 Å². The van der Waals surface area contributed by atoms with Gasteiger partial charge < -0.3 is 5.32 Å². The number of hydrogen-bond acceptors (Lipinski definition) is 3. The highest BCUT2D eigenvalue weighted by atomic mass is 35.5. The van der Waals surface area contributed by atoms with E-state index in [1.54, 1.807) is 11.3 Å². The van der Waals surface area contributed by atoms with Gasteiger partial charge in [0, 0.05) is 16.1 Å². The molecule has 1 N–H and O–H groups in total. The molecule has 0 atom stereocenters. The second kappa shape index (κ2) is 6.96. The van der Waals surface area contributed by atoms with Gasteiger partial charge in [-0.1, -0.05) is 54.1 Å². The molecule has 3 nitrogen and oxygen atoms in total. The number of thiocarbonyl (C=S) groups is 1.